The molecule has 1 atom stereocenters. The Morgan fingerprint density at radius 3 is 2.62 bits per heavy atom. The van der Waals surface area contributed by atoms with Crippen molar-refractivity contribution in [3.63, 3.8) is 0 Å². The van der Waals surface area contributed by atoms with Crippen LogP contribution in [-0.4, -0.2) is 39.0 Å². The molecule has 1 aliphatic rings. The molecule has 6 heteroatoms. The number of piperidine rings is 1. The molecule has 0 aromatic carbocycles. The van der Waals surface area contributed by atoms with Crippen LogP contribution in [0.3, 0.4) is 0 Å². The molecule has 21 heavy (non-hydrogen) atoms. The Hall–Kier alpha value is -2.11. The first-order chi connectivity index (χ1) is 9.74. The number of aryl methyl sites for hydroxylation is 1. The van der Waals surface area contributed by atoms with E-state index in [1.807, 2.05) is 13.8 Å². The fourth-order valence-corrected chi connectivity index (χ4v) is 2.93. The number of carbonyl (C=O) groups is 2. The summed E-state index contributed by atoms with van der Waals surface area (Å²) in [5.41, 5.74) is -0.537. The van der Waals surface area contributed by atoms with Gasteiger partial charge in [0.05, 0.1) is 0 Å². The first-order valence-corrected chi connectivity index (χ1v) is 6.94. The third kappa shape index (κ3) is 2.84. The lowest BCUT2D eigenvalue weighted by atomic mass is 9.76. The molecular weight excluding hydrogens is 272 g/mol. The molecule has 2 heterocycles. The molecule has 0 radical (unpaired) electrons. The second-order valence-electron chi connectivity index (χ2n) is 6.20. The fourth-order valence-electron chi connectivity index (χ4n) is 2.93. The van der Waals surface area contributed by atoms with Gasteiger partial charge in [-0.05, 0) is 24.3 Å². The summed E-state index contributed by atoms with van der Waals surface area (Å²) >= 11 is 0. The van der Waals surface area contributed by atoms with E-state index < -0.39 is 23.3 Å². The number of carboxylic acids is 1. The molecular formula is C15H20N2O4. The number of hydrogen-bond donors (Lipinski definition) is 1. The van der Waals surface area contributed by atoms with E-state index in [9.17, 15) is 19.5 Å². The van der Waals surface area contributed by atoms with E-state index in [4.69, 9.17) is 0 Å². The van der Waals surface area contributed by atoms with Gasteiger partial charge in [0, 0.05) is 31.4 Å². The minimum Gasteiger partial charge on any atom is -0.480 e. The lowest BCUT2D eigenvalue weighted by Gasteiger charge is -2.44. The fraction of sp³-hybridized carbons (Fsp3) is 0.533. The van der Waals surface area contributed by atoms with Crippen LogP contribution in [0.15, 0.2) is 23.1 Å². The van der Waals surface area contributed by atoms with Crippen molar-refractivity contribution >= 4 is 11.9 Å². The van der Waals surface area contributed by atoms with Gasteiger partial charge in [-0.3, -0.25) is 9.59 Å². The van der Waals surface area contributed by atoms with Crippen LogP contribution < -0.4 is 5.56 Å². The highest BCUT2D eigenvalue weighted by Gasteiger charge is 2.44. The van der Waals surface area contributed by atoms with Gasteiger partial charge in [-0.25, -0.2) is 4.79 Å². The van der Waals surface area contributed by atoms with Crippen LogP contribution in [0.4, 0.5) is 0 Å². The van der Waals surface area contributed by atoms with Gasteiger partial charge in [-0.2, -0.15) is 0 Å². The van der Waals surface area contributed by atoms with Crippen LogP contribution in [0.25, 0.3) is 0 Å². The maximum Gasteiger partial charge on any atom is 0.326 e. The summed E-state index contributed by atoms with van der Waals surface area (Å²) in [5.74, 6) is -1.40. The zero-order chi connectivity index (χ0) is 15.8. The Bertz CT molecular complexity index is 633. The van der Waals surface area contributed by atoms with Gasteiger partial charge in [-0.1, -0.05) is 13.8 Å². The Morgan fingerprint density at radius 2 is 2.05 bits per heavy atom. The summed E-state index contributed by atoms with van der Waals surface area (Å²) in [6.45, 7) is 4.11. The van der Waals surface area contributed by atoms with Crippen LogP contribution in [0.5, 0.6) is 0 Å². The van der Waals surface area contributed by atoms with E-state index in [2.05, 4.69) is 0 Å². The van der Waals surface area contributed by atoms with Crippen molar-refractivity contribution in [2.75, 3.05) is 6.54 Å². The summed E-state index contributed by atoms with van der Waals surface area (Å²) in [5, 5.41) is 9.48. The predicted molar refractivity (Wildman–Crippen MR) is 77.2 cm³/mol. The highest BCUT2D eigenvalue weighted by molar-refractivity contribution is 5.96. The van der Waals surface area contributed by atoms with E-state index in [1.165, 1.54) is 21.7 Å². The minimum atomic E-state index is -1.00. The van der Waals surface area contributed by atoms with Crippen molar-refractivity contribution in [1.82, 2.24) is 9.47 Å². The van der Waals surface area contributed by atoms with Gasteiger partial charge in [-0.15, -0.1) is 0 Å². The van der Waals surface area contributed by atoms with Crippen molar-refractivity contribution in [3.8, 4) is 0 Å². The Morgan fingerprint density at radius 1 is 1.38 bits per heavy atom. The summed E-state index contributed by atoms with van der Waals surface area (Å²) in [6, 6.07) is 1.93. The van der Waals surface area contributed by atoms with Crippen LogP contribution in [-0.2, 0) is 11.8 Å². The topological polar surface area (TPSA) is 79.6 Å². The molecule has 0 saturated carbocycles. The summed E-state index contributed by atoms with van der Waals surface area (Å²) in [6.07, 6.45) is 3.03. The van der Waals surface area contributed by atoms with E-state index in [0.29, 0.717) is 6.54 Å². The van der Waals surface area contributed by atoms with Gasteiger partial charge < -0.3 is 14.6 Å². The molecule has 1 unspecified atom stereocenters. The number of carbonyl (C=O) groups excluding carboxylic acids is 1. The van der Waals surface area contributed by atoms with Crippen molar-refractivity contribution in [3.05, 3.63) is 34.2 Å². The van der Waals surface area contributed by atoms with Gasteiger partial charge in [0.25, 0.3) is 11.5 Å². The Balaban J connectivity index is 2.38. The largest absolute Gasteiger partial charge is 0.480 e. The van der Waals surface area contributed by atoms with E-state index >= 15 is 0 Å². The zero-order valence-electron chi connectivity index (χ0n) is 12.5. The van der Waals surface area contributed by atoms with Crippen LogP contribution in [0, 0.1) is 5.41 Å². The van der Waals surface area contributed by atoms with Crippen LogP contribution in [0.1, 0.15) is 37.0 Å². The lowest BCUT2D eigenvalue weighted by Crippen LogP contribution is -2.56. The molecule has 1 N–H and O–H groups in total. The summed E-state index contributed by atoms with van der Waals surface area (Å²) in [4.78, 5) is 37.2. The number of aromatic nitrogens is 1. The summed E-state index contributed by atoms with van der Waals surface area (Å²) < 4.78 is 1.37. The highest BCUT2D eigenvalue weighted by atomic mass is 16.4. The van der Waals surface area contributed by atoms with E-state index in [1.54, 1.807) is 13.1 Å². The number of amides is 1. The van der Waals surface area contributed by atoms with Gasteiger partial charge >= 0.3 is 5.97 Å². The quantitative estimate of drug-likeness (QED) is 0.885. The Kier molecular flexibility index (Phi) is 3.89. The van der Waals surface area contributed by atoms with E-state index in [-0.39, 0.29) is 11.1 Å². The molecule has 2 rings (SSSR count). The third-order valence-electron chi connectivity index (χ3n) is 4.12. The SMILES string of the molecule is Cn1ccc(C(=O)N2CCCC(C)(C)C2C(=O)O)cc1=O. The number of hydrogen-bond acceptors (Lipinski definition) is 3. The van der Waals surface area contributed by atoms with Gasteiger partial charge in [0.2, 0.25) is 0 Å². The van der Waals surface area contributed by atoms with E-state index in [0.717, 1.165) is 12.8 Å². The number of rotatable bonds is 2. The van der Waals surface area contributed by atoms with Gasteiger partial charge in [0.1, 0.15) is 6.04 Å². The molecule has 0 bridgehead atoms. The number of aliphatic carboxylic acids is 1. The molecule has 6 nitrogen and oxygen atoms in total. The monoisotopic (exact) mass is 292 g/mol. The number of likely N-dealkylation sites (tertiary alicyclic amines) is 1. The van der Waals surface area contributed by atoms with Crippen molar-refractivity contribution in [1.29, 1.82) is 0 Å². The molecule has 114 valence electrons. The predicted octanol–water partition coefficient (Wildman–Crippen LogP) is 1.10. The van der Waals surface area contributed by atoms with Crippen molar-refractivity contribution < 1.29 is 14.7 Å². The Labute approximate surface area is 123 Å². The average Bonchev–Trinajstić information content (AvgIpc) is 2.39. The first kappa shape index (κ1) is 15.3. The number of pyridine rings is 1. The maximum atomic E-state index is 12.6. The normalized spacial score (nSPS) is 21.1. The molecule has 1 aromatic rings. The number of carboxylic acid groups (broad SMARTS) is 1. The molecule has 1 aliphatic heterocycles. The molecule has 1 saturated heterocycles. The van der Waals surface area contributed by atoms with Crippen LogP contribution in [0.2, 0.25) is 0 Å². The lowest BCUT2D eigenvalue weighted by molar-refractivity contribution is -0.148. The molecule has 1 fully saturated rings. The minimum absolute atomic E-state index is 0.238. The van der Waals surface area contributed by atoms with Crippen molar-refractivity contribution in [2.24, 2.45) is 12.5 Å². The van der Waals surface area contributed by atoms with Gasteiger partial charge in [0.15, 0.2) is 0 Å². The summed E-state index contributed by atoms with van der Waals surface area (Å²) in [7, 11) is 1.60. The smallest absolute Gasteiger partial charge is 0.326 e. The molecule has 0 spiro atoms. The second-order valence-corrected chi connectivity index (χ2v) is 6.20. The third-order valence-corrected chi connectivity index (χ3v) is 4.12. The zero-order valence-corrected chi connectivity index (χ0v) is 12.5. The first-order valence-electron chi connectivity index (χ1n) is 6.94. The standard InChI is InChI=1S/C15H20N2O4/c1-15(2)6-4-7-17(12(15)14(20)21)13(19)10-5-8-16(3)11(18)9-10/h5,8-9,12H,4,6-7H2,1-3H3,(H,20,21). The highest BCUT2D eigenvalue weighted by Crippen LogP contribution is 2.35. The molecule has 1 amide bonds. The molecule has 0 aliphatic carbocycles. The number of nitrogens with zero attached hydrogens (tertiary/aromatic N) is 2. The maximum absolute atomic E-state index is 12.6. The molecule has 1 aromatic heterocycles. The average molecular weight is 292 g/mol. The second kappa shape index (κ2) is 5.35. The van der Waals surface area contributed by atoms with Crippen LogP contribution >= 0.6 is 0 Å². The van der Waals surface area contributed by atoms with Crippen molar-refractivity contribution in [2.45, 2.75) is 32.7 Å².